The number of carbonyl (C=O) groups excluding carboxylic acids is 1. The number of nitrogens with zero attached hydrogens (tertiary/aromatic N) is 1. The third-order valence-corrected chi connectivity index (χ3v) is 5.51. The van der Waals surface area contributed by atoms with Crippen LogP contribution in [-0.4, -0.2) is 30.0 Å². The molecule has 1 aliphatic rings. The van der Waals surface area contributed by atoms with Gasteiger partial charge < -0.3 is 14.1 Å². The number of hydrogen-bond donors (Lipinski definition) is 0. The van der Waals surface area contributed by atoms with Crippen LogP contribution < -0.4 is 10.4 Å². The van der Waals surface area contributed by atoms with E-state index in [1.807, 2.05) is 17.0 Å². The molecular weight excluding hydrogens is 378 g/mol. The summed E-state index contributed by atoms with van der Waals surface area (Å²) < 4.78 is 10.9. The van der Waals surface area contributed by atoms with E-state index >= 15 is 0 Å². The molecule has 2 heterocycles. The lowest BCUT2D eigenvalue weighted by Gasteiger charge is -2.27. The molecule has 0 aliphatic carbocycles. The standard InChI is InChI=1S/C25H33NO4/c1-16-10-21(14-22(27)29-16)30-20-8-9-26(15-20)23(28)17-11-18(24(2,3)4)13-19(12-17)25(5,6)7/h10-14,20H,8-9,15H2,1-7H3. The minimum absolute atomic E-state index is 0.0291. The van der Waals surface area contributed by atoms with Crippen LogP contribution in [0.1, 0.15) is 75.2 Å². The summed E-state index contributed by atoms with van der Waals surface area (Å²) in [5.74, 6) is 1.03. The minimum atomic E-state index is -0.426. The van der Waals surface area contributed by atoms with E-state index in [0.29, 0.717) is 24.6 Å². The maximum Gasteiger partial charge on any atom is 0.339 e. The van der Waals surface area contributed by atoms with E-state index in [9.17, 15) is 9.59 Å². The fraction of sp³-hybridized carbons (Fsp3) is 0.520. The van der Waals surface area contributed by atoms with Crippen LogP contribution in [0.3, 0.4) is 0 Å². The molecule has 1 aliphatic heterocycles. The third-order valence-electron chi connectivity index (χ3n) is 5.51. The number of likely N-dealkylation sites (tertiary alicyclic amines) is 1. The Morgan fingerprint density at radius 1 is 1.00 bits per heavy atom. The summed E-state index contributed by atoms with van der Waals surface area (Å²) in [4.78, 5) is 26.7. The summed E-state index contributed by atoms with van der Waals surface area (Å²) in [7, 11) is 0. The third kappa shape index (κ3) is 5.13. The molecular formula is C25H33NO4. The zero-order valence-corrected chi connectivity index (χ0v) is 19.2. The highest BCUT2D eigenvalue weighted by Gasteiger charge is 2.30. The smallest absolute Gasteiger partial charge is 0.339 e. The zero-order chi connectivity index (χ0) is 22.3. The molecule has 1 fully saturated rings. The van der Waals surface area contributed by atoms with Gasteiger partial charge in [0.25, 0.3) is 5.91 Å². The van der Waals surface area contributed by atoms with E-state index in [2.05, 4.69) is 47.6 Å². The van der Waals surface area contributed by atoms with E-state index in [1.54, 1.807) is 13.0 Å². The molecule has 0 spiro atoms. The largest absolute Gasteiger partial charge is 0.488 e. The SMILES string of the molecule is Cc1cc(OC2CCN(C(=O)c3cc(C(C)(C)C)cc(C(C)(C)C)c3)C2)cc(=O)o1. The van der Waals surface area contributed by atoms with Crippen molar-refractivity contribution in [2.45, 2.75) is 71.8 Å². The van der Waals surface area contributed by atoms with Crippen LogP contribution in [0.2, 0.25) is 0 Å². The van der Waals surface area contributed by atoms with Gasteiger partial charge in [-0.05, 0) is 41.0 Å². The second-order valence-corrected chi connectivity index (χ2v) is 10.3. The summed E-state index contributed by atoms with van der Waals surface area (Å²) in [5, 5.41) is 0. The Bertz CT molecular complexity index is 959. The normalized spacial score (nSPS) is 17.3. The van der Waals surface area contributed by atoms with Crippen LogP contribution in [0, 0.1) is 6.92 Å². The first kappa shape index (κ1) is 22.1. The topological polar surface area (TPSA) is 59.8 Å². The zero-order valence-electron chi connectivity index (χ0n) is 19.2. The maximum absolute atomic E-state index is 13.3. The van der Waals surface area contributed by atoms with Gasteiger partial charge in [0.1, 0.15) is 17.6 Å². The second-order valence-electron chi connectivity index (χ2n) is 10.3. The van der Waals surface area contributed by atoms with Gasteiger partial charge in [-0.25, -0.2) is 4.79 Å². The van der Waals surface area contributed by atoms with Gasteiger partial charge in [0.15, 0.2) is 0 Å². The Morgan fingerprint density at radius 2 is 1.60 bits per heavy atom. The number of rotatable bonds is 3. The molecule has 0 bridgehead atoms. The average molecular weight is 412 g/mol. The van der Waals surface area contributed by atoms with E-state index in [4.69, 9.17) is 9.15 Å². The lowest BCUT2D eigenvalue weighted by molar-refractivity contribution is 0.0772. The molecule has 1 atom stereocenters. The Hall–Kier alpha value is -2.56. The molecule has 30 heavy (non-hydrogen) atoms. The van der Waals surface area contributed by atoms with E-state index < -0.39 is 5.63 Å². The van der Waals surface area contributed by atoms with Gasteiger partial charge >= 0.3 is 5.63 Å². The highest BCUT2D eigenvalue weighted by molar-refractivity contribution is 5.95. The van der Waals surface area contributed by atoms with Crippen LogP contribution in [0.4, 0.5) is 0 Å². The van der Waals surface area contributed by atoms with E-state index in [1.165, 1.54) is 6.07 Å². The first-order valence-electron chi connectivity index (χ1n) is 10.6. The monoisotopic (exact) mass is 411 g/mol. The molecule has 0 saturated carbocycles. The molecule has 1 aromatic carbocycles. The summed E-state index contributed by atoms with van der Waals surface area (Å²) in [6.07, 6.45) is 0.596. The number of amides is 1. The number of aryl methyl sites for hydroxylation is 1. The molecule has 1 saturated heterocycles. The summed E-state index contributed by atoms with van der Waals surface area (Å²) in [5.41, 5.74) is 2.54. The molecule has 1 unspecified atom stereocenters. The summed E-state index contributed by atoms with van der Waals surface area (Å²) >= 11 is 0. The first-order valence-corrected chi connectivity index (χ1v) is 10.6. The highest BCUT2D eigenvalue weighted by atomic mass is 16.5. The fourth-order valence-corrected chi connectivity index (χ4v) is 3.64. The Kier molecular flexibility index (Phi) is 5.85. The number of ether oxygens (including phenoxy) is 1. The predicted molar refractivity (Wildman–Crippen MR) is 118 cm³/mol. The minimum Gasteiger partial charge on any atom is -0.488 e. The Morgan fingerprint density at radius 3 is 2.13 bits per heavy atom. The van der Waals surface area contributed by atoms with Gasteiger partial charge in [-0.1, -0.05) is 47.6 Å². The van der Waals surface area contributed by atoms with Crippen molar-refractivity contribution in [1.29, 1.82) is 0 Å². The van der Waals surface area contributed by atoms with Gasteiger partial charge in [0.2, 0.25) is 0 Å². The molecule has 162 valence electrons. The lowest BCUT2D eigenvalue weighted by Crippen LogP contribution is -2.31. The first-order chi connectivity index (χ1) is 13.8. The van der Waals surface area contributed by atoms with Crippen molar-refractivity contribution in [1.82, 2.24) is 4.90 Å². The molecule has 2 aromatic rings. The van der Waals surface area contributed by atoms with Crippen LogP contribution in [0.5, 0.6) is 5.75 Å². The van der Waals surface area contributed by atoms with Gasteiger partial charge in [0.05, 0.1) is 12.6 Å². The molecule has 5 heteroatoms. The van der Waals surface area contributed by atoms with E-state index in [-0.39, 0.29) is 22.8 Å². The maximum atomic E-state index is 13.3. The number of benzene rings is 1. The Labute approximate surface area is 179 Å². The summed E-state index contributed by atoms with van der Waals surface area (Å²) in [6.45, 7) is 15.9. The van der Waals surface area contributed by atoms with Crippen LogP contribution in [-0.2, 0) is 10.8 Å². The van der Waals surface area contributed by atoms with Crippen molar-refractivity contribution in [3.8, 4) is 5.75 Å². The molecule has 5 nitrogen and oxygen atoms in total. The van der Waals surface area contributed by atoms with Gasteiger partial charge in [0, 0.05) is 24.6 Å². The Balaban J connectivity index is 1.80. The quantitative estimate of drug-likeness (QED) is 0.725. The van der Waals surface area contributed by atoms with Crippen molar-refractivity contribution < 1.29 is 13.9 Å². The van der Waals surface area contributed by atoms with Crippen molar-refractivity contribution in [3.05, 3.63) is 63.2 Å². The van der Waals surface area contributed by atoms with Crippen molar-refractivity contribution in [2.75, 3.05) is 13.1 Å². The number of carbonyl (C=O) groups is 1. The fourth-order valence-electron chi connectivity index (χ4n) is 3.64. The highest BCUT2D eigenvalue weighted by Crippen LogP contribution is 2.31. The van der Waals surface area contributed by atoms with Crippen LogP contribution >= 0.6 is 0 Å². The predicted octanol–water partition coefficient (Wildman–Crippen LogP) is 4.84. The molecule has 0 N–H and O–H groups in total. The lowest BCUT2D eigenvalue weighted by atomic mass is 9.79. The average Bonchev–Trinajstić information content (AvgIpc) is 3.06. The van der Waals surface area contributed by atoms with Crippen molar-refractivity contribution >= 4 is 5.91 Å². The van der Waals surface area contributed by atoms with Gasteiger partial charge in [-0.2, -0.15) is 0 Å². The van der Waals surface area contributed by atoms with Gasteiger partial charge in [-0.3, -0.25) is 4.79 Å². The molecule has 1 amide bonds. The molecule has 0 radical (unpaired) electrons. The van der Waals surface area contributed by atoms with Crippen molar-refractivity contribution in [3.63, 3.8) is 0 Å². The molecule has 1 aromatic heterocycles. The van der Waals surface area contributed by atoms with Crippen molar-refractivity contribution in [2.24, 2.45) is 0 Å². The van der Waals surface area contributed by atoms with Crippen LogP contribution in [0.25, 0.3) is 0 Å². The summed E-state index contributed by atoms with van der Waals surface area (Å²) in [6, 6.07) is 9.32. The van der Waals surface area contributed by atoms with Crippen LogP contribution in [0.15, 0.2) is 39.5 Å². The van der Waals surface area contributed by atoms with E-state index in [0.717, 1.165) is 23.1 Å². The molecule has 3 rings (SSSR count). The number of hydrogen-bond acceptors (Lipinski definition) is 4. The van der Waals surface area contributed by atoms with Gasteiger partial charge in [-0.15, -0.1) is 0 Å². The second kappa shape index (κ2) is 7.93.